The molecule has 0 aromatic carbocycles. The van der Waals surface area contributed by atoms with Crippen molar-refractivity contribution < 1.29 is 4.79 Å². The van der Waals surface area contributed by atoms with Crippen molar-refractivity contribution in [1.29, 1.82) is 0 Å². The first kappa shape index (κ1) is 11.4. The van der Waals surface area contributed by atoms with Crippen LogP contribution >= 0.6 is 22.7 Å². The van der Waals surface area contributed by atoms with E-state index in [1.54, 1.807) is 22.7 Å². The molecule has 0 radical (unpaired) electrons. The van der Waals surface area contributed by atoms with Crippen molar-refractivity contribution in [2.24, 2.45) is 0 Å². The highest BCUT2D eigenvalue weighted by Crippen LogP contribution is 2.35. The third-order valence-electron chi connectivity index (χ3n) is 3.62. The van der Waals surface area contributed by atoms with Crippen LogP contribution in [0.25, 0.3) is 15.5 Å². The van der Waals surface area contributed by atoms with E-state index < -0.39 is 0 Å². The van der Waals surface area contributed by atoms with Gasteiger partial charge in [0, 0.05) is 10.6 Å². The number of hydrogen-bond acceptors (Lipinski definition) is 4. The Labute approximate surface area is 118 Å². The third kappa shape index (κ3) is 1.61. The Morgan fingerprint density at radius 1 is 1.32 bits per heavy atom. The lowest BCUT2D eigenvalue weighted by molar-refractivity contribution is 0.111. The molecule has 0 fully saturated rings. The molecule has 19 heavy (non-hydrogen) atoms. The van der Waals surface area contributed by atoms with E-state index in [4.69, 9.17) is 4.98 Å². The van der Waals surface area contributed by atoms with Gasteiger partial charge in [-0.3, -0.25) is 9.20 Å². The van der Waals surface area contributed by atoms with Crippen molar-refractivity contribution in [3.63, 3.8) is 0 Å². The second kappa shape index (κ2) is 4.28. The second-order valence-electron chi connectivity index (χ2n) is 4.74. The van der Waals surface area contributed by atoms with Crippen LogP contribution in [0.15, 0.2) is 17.5 Å². The zero-order valence-electron chi connectivity index (χ0n) is 10.3. The van der Waals surface area contributed by atoms with Crippen molar-refractivity contribution in [2.45, 2.75) is 25.7 Å². The minimum atomic E-state index is 0.719. The average molecular weight is 288 g/mol. The molecule has 1 aliphatic carbocycles. The number of aryl methyl sites for hydroxylation is 2. The SMILES string of the molecule is O=Cc1c(-c2cccs2)nc2sc3c(n12)CCCC3. The summed E-state index contributed by atoms with van der Waals surface area (Å²) in [5, 5.41) is 2.02. The summed E-state index contributed by atoms with van der Waals surface area (Å²) in [6.07, 6.45) is 5.62. The Balaban J connectivity index is 2.02. The van der Waals surface area contributed by atoms with Crippen LogP contribution in [-0.2, 0) is 12.8 Å². The number of aromatic nitrogens is 2. The zero-order chi connectivity index (χ0) is 12.8. The van der Waals surface area contributed by atoms with Crippen molar-refractivity contribution in [2.75, 3.05) is 0 Å². The second-order valence-corrected chi connectivity index (χ2v) is 6.75. The molecule has 0 saturated carbocycles. The van der Waals surface area contributed by atoms with Crippen LogP contribution in [0.1, 0.15) is 33.9 Å². The van der Waals surface area contributed by atoms with Crippen LogP contribution in [0.2, 0.25) is 0 Å². The van der Waals surface area contributed by atoms with E-state index in [1.807, 2.05) is 17.5 Å². The van der Waals surface area contributed by atoms with Gasteiger partial charge >= 0.3 is 0 Å². The van der Waals surface area contributed by atoms with Gasteiger partial charge in [0.25, 0.3) is 0 Å². The Kier molecular flexibility index (Phi) is 2.56. The van der Waals surface area contributed by atoms with Gasteiger partial charge in [0.1, 0.15) is 11.4 Å². The van der Waals surface area contributed by atoms with E-state index in [0.717, 1.165) is 40.4 Å². The summed E-state index contributed by atoms with van der Waals surface area (Å²) in [6.45, 7) is 0. The van der Waals surface area contributed by atoms with E-state index >= 15 is 0 Å². The van der Waals surface area contributed by atoms with Gasteiger partial charge in [-0.15, -0.1) is 22.7 Å². The predicted molar refractivity (Wildman–Crippen MR) is 78.4 cm³/mol. The highest BCUT2D eigenvalue weighted by atomic mass is 32.1. The minimum absolute atomic E-state index is 0.719. The number of thiazole rings is 1. The van der Waals surface area contributed by atoms with Gasteiger partial charge in [-0.2, -0.15) is 0 Å². The van der Waals surface area contributed by atoms with E-state index in [2.05, 4.69) is 4.40 Å². The van der Waals surface area contributed by atoms with Crippen molar-refractivity contribution in [1.82, 2.24) is 9.38 Å². The molecule has 0 aliphatic heterocycles. The number of imidazole rings is 1. The van der Waals surface area contributed by atoms with E-state index in [0.29, 0.717) is 0 Å². The van der Waals surface area contributed by atoms with Crippen LogP contribution in [-0.4, -0.2) is 15.7 Å². The van der Waals surface area contributed by atoms with Crippen LogP contribution in [0.5, 0.6) is 0 Å². The van der Waals surface area contributed by atoms with Crippen LogP contribution in [0, 0.1) is 0 Å². The highest BCUT2D eigenvalue weighted by Gasteiger charge is 2.23. The molecule has 0 N–H and O–H groups in total. The predicted octanol–water partition coefficient (Wildman–Crippen LogP) is 3.82. The lowest BCUT2D eigenvalue weighted by Gasteiger charge is -2.10. The van der Waals surface area contributed by atoms with Crippen molar-refractivity contribution >= 4 is 33.9 Å². The molecule has 0 amide bonds. The monoisotopic (exact) mass is 288 g/mol. The topological polar surface area (TPSA) is 34.4 Å². The lowest BCUT2D eigenvalue weighted by atomic mass is 10.0. The van der Waals surface area contributed by atoms with Crippen LogP contribution in [0.4, 0.5) is 0 Å². The number of thiophene rings is 1. The Hall–Kier alpha value is -1.46. The first-order valence-corrected chi connectivity index (χ1v) is 8.10. The number of rotatable bonds is 2. The maximum atomic E-state index is 11.5. The quantitative estimate of drug-likeness (QED) is 0.672. The number of carbonyl (C=O) groups is 1. The maximum absolute atomic E-state index is 11.5. The fourth-order valence-corrected chi connectivity index (χ4v) is 4.70. The molecule has 96 valence electrons. The summed E-state index contributed by atoms with van der Waals surface area (Å²) < 4.78 is 2.08. The largest absolute Gasteiger partial charge is 0.296 e. The van der Waals surface area contributed by atoms with Gasteiger partial charge in [0.15, 0.2) is 11.2 Å². The summed E-state index contributed by atoms with van der Waals surface area (Å²) >= 11 is 3.38. The minimum Gasteiger partial charge on any atom is -0.296 e. The zero-order valence-corrected chi connectivity index (χ0v) is 11.9. The lowest BCUT2D eigenvalue weighted by Crippen LogP contribution is -2.04. The number of aldehydes is 1. The first-order chi connectivity index (χ1) is 9.38. The summed E-state index contributed by atoms with van der Waals surface area (Å²) in [5.41, 5.74) is 2.87. The average Bonchev–Trinajstić information content (AvgIpc) is 3.12. The third-order valence-corrected chi connectivity index (χ3v) is 5.64. The van der Waals surface area contributed by atoms with E-state index in [9.17, 15) is 4.79 Å². The molecule has 5 heteroatoms. The van der Waals surface area contributed by atoms with Crippen molar-refractivity contribution in [3.8, 4) is 10.6 Å². The Morgan fingerprint density at radius 3 is 3.00 bits per heavy atom. The number of hydrogen-bond donors (Lipinski definition) is 0. The van der Waals surface area contributed by atoms with Gasteiger partial charge < -0.3 is 0 Å². The summed E-state index contributed by atoms with van der Waals surface area (Å²) in [6, 6.07) is 4.02. The van der Waals surface area contributed by atoms with Gasteiger partial charge in [-0.05, 0) is 37.1 Å². The smallest absolute Gasteiger partial charge is 0.195 e. The molecule has 0 bridgehead atoms. The summed E-state index contributed by atoms with van der Waals surface area (Å²) in [5.74, 6) is 0. The molecular weight excluding hydrogens is 276 g/mol. The summed E-state index contributed by atoms with van der Waals surface area (Å²) in [4.78, 5) is 19.7. The summed E-state index contributed by atoms with van der Waals surface area (Å²) in [7, 11) is 0. The molecule has 0 spiro atoms. The maximum Gasteiger partial charge on any atom is 0.195 e. The molecule has 0 saturated heterocycles. The first-order valence-electron chi connectivity index (χ1n) is 6.40. The molecule has 3 aromatic heterocycles. The molecule has 0 atom stereocenters. The molecule has 3 heterocycles. The number of fused-ring (bicyclic) bond motifs is 3. The van der Waals surface area contributed by atoms with Crippen molar-refractivity contribution in [3.05, 3.63) is 33.8 Å². The molecule has 1 aliphatic rings. The molecule has 3 nitrogen and oxygen atoms in total. The van der Waals surface area contributed by atoms with Crippen LogP contribution in [0.3, 0.4) is 0 Å². The molecule has 4 rings (SSSR count). The standard InChI is InChI=1S/C14H12N2OS2/c17-8-10-13(12-6-3-7-18-12)15-14-16(10)9-4-1-2-5-11(9)19-14/h3,6-8H,1-2,4-5H2. The fourth-order valence-electron chi connectivity index (χ4n) is 2.76. The van der Waals surface area contributed by atoms with Gasteiger partial charge in [-0.25, -0.2) is 4.98 Å². The number of nitrogens with zero attached hydrogens (tertiary/aromatic N) is 2. The number of carbonyl (C=O) groups excluding carboxylic acids is 1. The van der Waals surface area contributed by atoms with Gasteiger partial charge in [0.05, 0.1) is 4.88 Å². The molecule has 0 unspecified atom stereocenters. The Morgan fingerprint density at radius 2 is 2.21 bits per heavy atom. The van der Waals surface area contributed by atoms with Gasteiger partial charge in [-0.1, -0.05) is 6.07 Å². The van der Waals surface area contributed by atoms with Crippen LogP contribution < -0.4 is 0 Å². The van der Waals surface area contributed by atoms with Gasteiger partial charge in [0.2, 0.25) is 0 Å². The van der Waals surface area contributed by atoms with E-state index in [1.165, 1.54) is 23.4 Å². The molecular formula is C14H12N2OS2. The highest BCUT2D eigenvalue weighted by molar-refractivity contribution is 7.17. The normalized spacial score (nSPS) is 14.7. The molecule has 3 aromatic rings. The fraction of sp³-hybridized carbons (Fsp3) is 0.286. The van der Waals surface area contributed by atoms with E-state index in [-0.39, 0.29) is 0 Å². The Bertz CT molecular complexity index is 752.